The summed E-state index contributed by atoms with van der Waals surface area (Å²) in [6.07, 6.45) is 3.05. The minimum atomic E-state index is -0.190. The fraction of sp³-hybridized carbons (Fsp3) is 0.467. The second-order valence-electron chi connectivity index (χ2n) is 5.58. The summed E-state index contributed by atoms with van der Waals surface area (Å²) in [5, 5.41) is 26.3. The molecule has 0 bridgehead atoms. The van der Waals surface area contributed by atoms with Crippen LogP contribution in [0.25, 0.3) is 11.4 Å². The van der Waals surface area contributed by atoms with Crippen LogP contribution in [0.1, 0.15) is 32.1 Å². The lowest BCUT2D eigenvalue weighted by atomic mass is 9.82. The third kappa shape index (κ3) is 2.47. The molecule has 6 heteroatoms. The van der Waals surface area contributed by atoms with E-state index in [4.69, 9.17) is 4.52 Å². The Labute approximate surface area is 122 Å². The van der Waals surface area contributed by atoms with Gasteiger partial charge >= 0.3 is 0 Å². The number of nitrogens with one attached hydrogen (secondary N) is 1. The molecule has 0 radical (unpaired) electrons. The van der Waals surface area contributed by atoms with Crippen LogP contribution in [-0.2, 0) is 5.41 Å². The second kappa shape index (κ2) is 5.37. The second-order valence-corrected chi connectivity index (χ2v) is 5.58. The van der Waals surface area contributed by atoms with Crippen LogP contribution in [0.3, 0.4) is 0 Å². The van der Waals surface area contributed by atoms with Gasteiger partial charge in [0.25, 0.3) is 0 Å². The number of benzene rings is 1. The van der Waals surface area contributed by atoms with Crippen molar-refractivity contribution < 1.29 is 14.7 Å². The summed E-state index contributed by atoms with van der Waals surface area (Å²) in [5.74, 6) is 0.731. The molecule has 6 nitrogen and oxygen atoms in total. The summed E-state index contributed by atoms with van der Waals surface area (Å²) in [4.78, 5) is 4.51. The van der Waals surface area contributed by atoms with Crippen LogP contribution in [-0.4, -0.2) is 33.4 Å². The zero-order chi connectivity index (χ0) is 14.9. The van der Waals surface area contributed by atoms with Gasteiger partial charge in [-0.15, -0.1) is 0 Å². The maximum atomic E-state index is 9.57. The Kier molecular flexibility index (Phi) is 3.55. The van der Waals surface area contributed by atoms with Crippen LogP contribution in [0, 0.1) is 0 Å². The Bertz CT molecular complexity index is 633. The first-order chi connectivity index (χ1) is 10.1. The quantitative estimate of drug-likeness (QED) is 0.747. The van der Waals surface area contributed by atoms with E-state index in [0.29, 0.717) is 17.3 Å². The van der Waals surface area contributed by atoms with E-state index in [1.807, 2.05) is 0 Å². The largest absolute Gasteiger partial charge is 0.504 e. The van der Waals surface area contributed by atoms with Crippen molar-refractivity contribution in [2.24, 2.45) is 0 Å². The number of phenols is 2. The number of aromatic hydroxyl groups is 2. The average Bonchev–Trinajstić information content (AvgIpc) is 3.12. The fourth-order valence-corrected chi connectivity index (χ4v) is 2.94. The van der Waals surface area contributed by atoms with Gasteiger partial charge in [-0.2, -0.15) is 4.98 Å². The first-order valence-electron chi connectivity index (χ1n) is 7.22. The maximum Gasteiger partial charge on any atom is 0.234 e. The number of phenolic OH excluding ortho intramolecular Hbond substituents is 2. The summed E-state index contributed by atoms with van der Waals surface area (Å²) < 4.78 is 5.48. The number of nitrogens with zero attached hydrogens (tertiary/aromatic N) is 2. The molecule has 112 valence electrons. The van der Waals surface area contributed by atoms with Gasteiger partial charge in [0.2, 0.25) is 11.7 Å². The van der Waals surface area contributed by atoms with Gasteiger partial charge < -0.3 is 20.1 Å². The molecule has 21 heavy (non-hydrogen) atoms. The molecule has 0 amide bonds. The molecule has 0 spiro atoms. The van der Waals surface area contributed by atoms with Crippen LogP contribution in [0.5, 0.6) is 11.5 Å². The summed E-state index contributed by atoms with van der Waals surface area (Å²) in [7, 11) is 0. The molecule has 1 saturated heterocycles. The topological polar surface area (TPSA) is 91.4 Å². The van der Waals surface area contributed by atoms with Gasteiger partial charge in [0.05, 0.1) is 5.41 Å². The zero-order valence-corrected chi connectivity index (χ0v) is 12.0. The summed E-state index contributed by atoms with van der Waals surface area (Å²) in [6, 6.07) is 4.51. The van der Waals surface area contributed by atoms with E-state index in [-0.39, 0.29) is 16.9 Å². The lowest BCUT2D eigenvalue weighted by Crippen LogP contribution is -2.29. The molecule has 1 aromatic carbocycles. The minimum Gasteiger partial charge on any atom is -0.504 e. The summed E-state index contributed by atoms with van der Waals surface area (Å²) >= 11 is 0. The molecule has 1 atom stereocenters. The summed E-state index contributed by atoms with van der Waals surface area (Å²) in [6.45, 7) is 3.95. The third-order valence-electron chi connectivity index (χ3n) is 4.09. The van der Waals surface area contributed by atoms with Gasteiger partial charge in [0, 0.05) is 12.1 Å². The Morgan fingerprint density at radius 2 is 2.19 bits per heavy atom. The molecule has 2 aromatic rings. The standard InChI is InChI=1S/C15H19N3O3/c1-2-5-15(6-7-16-9-15)14-17-13(18-21-14)10-3-4-11(19)12(20)8-10/h3-4,8,16,19-20H,2,5-7,9H2,1H3. The van der Waals surface area contributed by atoms with E-state index in [1.54, 1.807) is 6.07 Å². The lowest BCUT2D eigenvalue weighted by molar-refractivity contribution is 0.277. The van der Waals surface area contributed by atoms with Gasteiger partial charge in [0.1, 0.15) is 0 Å². The molecule has 3 N–H and O–H groups in total. The Hall–Kier alpha value is -2.08. The maximum absolute atomic E-state index is 9.57. The first kappa shape index (κ1) is 13.9. The first-order valence-corrected chi connectivity index (χ1v) is 7.22. The molecule has 1 aliphatic heterocycles. The van der Waals surface area contributed by atoms with Crippen LogP contribution in [0.4, 0.5) is 0 Å². The van der Waals surface area contributed by atoms with Crippen molar-refractivity contribution in [3.8, 4) is 22.9 Å². The van der Waals surface area contributed by atoms with Crippen molar-refractivity contribution in [2.75, 3.05) is 13.1 Å². The Morgan fingerprint density at radius 1 is 1.33 bits per heavy atom. The van der Waals surface area contributed by atoms with Crippen molar-refractivity contribution in [1.82, 2.24) is 15.5 Å². The van der Waals surface area contributed by atoms with Crippen molar-refractivity contribution in [1.29, 1.82) is 0 Å². The highest BCUT2D eigenvalue weighted by molar-refractivity contribution is 5.60. The van der Waals surface area contributed by atoms with Crippen LogP contribution in [0.15, 0.2) is 22.7 Å². The van der Waals surface area contributed by atoms with E-state index in [0.717, 1.165) is 32.4 Å². The Morgan fingerprint density at radius 3 is 2.86 bits per heavy atom. The van der Waals surface area contributed by atoms with E-state index in [1.165, 1.54) is 12.1 Å². The van der Waals surface area contributed by atoms with Gasteiger partial charge in [0.15, 0.2) is 11.5 Å². The monoisotopic (exact) mass is 289 g/mol. The van der Waals surface area contributed by atoms with Crippen molar-refractivity contribution in [2.45, 2.75) is 31.6 Å². The normalized spacial score (nSPS) is 21.8. The van der Waals surface area contributed by atoms with Crippen LogP contribution in [0.2, 0.25) is 0 Å². The van der Waals surface area contributed by atoms with E-state index < -0.39 is 0 Å². The molecule has 0 aliphatic carbocycles. The Balaban J connectivity index is 1.93. The average molecular weight is 289 g/mol. The van der Waals surface area contributed by atoms with Crippen molar-refractivity contribution in [3.05, 3.63) is 24.1 Å². The summed E-state index contributed by atoms with van der Waals surface area (Å²) in [5.41, 5.74) is 0.539. The molecule has 1 aliphatic rings. The molecule has 1 unspecified atom stereocenters. The highest BCUT2D eigenvalue weighted by atomic mass is 16.5. The third-order valence-corrected chi connectivity index (χ3v) is 4.09. The molecule has 1 fully saturated rings. The number of hydrogen-bond donors (Lipinski definition) is 3. The zero-order valence-electron chi connectivity index (χ0n) is 12.0. The van der Waals surface area contributed by atoms with Crippen molar-refractivity contribution in [3.63, 3.8) is 0 Å². The van der Waals surface area contributed by atoms with Gasteiger partial charge in [-0.3, -0.25) is 0 Å². The van der Waals surface area contributed by atoms with Crippen molar-refractivity contribution >= 4 is 0 Å². The van der Waals surface area contributed by atoms with Crippen LogP contribution >= 0.6 is 0 Å². The number of rotatable bonds is 4. The molecular weight excluding hydrogens is 270 g/mol. The highest BCUT2D eigenvalue weighted by Gasteiger charge is 2.40. The lowest BCUT2D eigenvalue weighted by Gasteiger charge is -2.22. The molecule has 2 heterocycles. The number of aromatic nitrogens is 2. The predicted octanol–water partition coefficient (Wildman–Crippen LogP) is 2.18. The molecule has 1 aromatic heterocycles. The number of hydrogen-bond acceptors (Lipinski definition) is 6. The van der Waals surface area contributed by atoms with Gasteiger partial charge in [-0.1, -0.05) is 18.5 Å². The van der Waals surface area contributed by atoms with E-state index in [2.05, 4.69) is 22.4 Å². The van der Waals surface area contributed by atoms with E-state index in [9.17, 15) is 10.2 Å². The van der Waals surface area contributed by atoms with Gasteiger partial charge in [-0.05, 0) is 37.6 Å². The fourth-order valence-electron chi connectivity index (χ4n) is 2.94. The molecule has 0 saturated carbocycles. The molecule has 3 rings (SSSR count). The van der Waals surface area contributed by atoms with Crippen LogP contribution < -0.4 is 5.32 Å². The highest BCUT2D eigenvalue weighted by Crippen LogP contribution is 2.36. The molecular formula is C15H19N3O3. The van der Waals surface area contributed by atoms with E-state index >= 15 is 0 Å². The smallest absolute Gasteiger partial charge is 0.234 e. The van der Waals surface area contributed by atoms with Gasteiger partial charge in [-0.25, -0.2) is 0 Å². The minimum absolute atomic E-state index is 0.0844. The predicted molar refractivity (Wildman–Crippen MR) is 77.1 cm³/mol. The SMILES string of the molecule is CCCC1(c2nc(-c3ccc(O)c(O)c3)no2)CCNC1.